The lowest BCUT2D eigenvalue weighted by molar-refractivity contribution is 0.449. The molecule has 0 aliphatic heterocycles. The lowest BCUT2D eigenvalue weighted by atomic mass is 10.3. The van der Waals surface area contributed by atoms with Gasteiger partial charge in [0.05, 0.1) is 16.9 Å². The summed E-state index contributed by atoms with van der Waals surface area (Å²) in [5.74, 6) is -4.87. The summed E-state index contributed by atoms with van der Waals surface area (Å²) < 4.78 is 53.0. The maximum Gasteiger partial charge on any atom is 0.249 e. The van der Waals surface area contributed by atoms with Gasteiger partial charge in [0, 0.05) is 5.69 Å². The SMILES string of the molecule is Fc1ccc(Nc2nncc(Nc3ccc(F)c(F)c3F)n2)cc1Cl. The van der Waals surface area contributed by atoms with Gasteiger partial charge in [-0.1, -0.05) is 11.6 Å². The number of hydrogen-bond donors (Lipinski definition) is 2. The van der Waals surface area contributed by atoms with Gasteiger partial charge in [-0.2, -0.15) is 10.1 Å². The Kier molecular flexibility index (Phi) is 4.66. The molecule has 5 nitrogen and oxygen atoms in total. The summed E-state index contributed by atoms with van der Waals surface area (Å²) in [5.41, 5.74) is 0.0690. The van der Waals surface area contributed by atoms with Gasteiger partial charge >= 0.3 is 0 Å². The summed E-state index contributed by atoms with van der Waals surface area (Å²) in [7, 11) is 0. The van der Waals surface area contributed by atoms with Crippen molar-refractivity contribution in [2.45, 2.75) is 0 Å². The van der Waals surface area contributed by atoms with Crippen molar-refractivity contribution in [1.82, 2.24) is 15.2 Å². The number of rotatable bonds is 4. The van der Waals surface area contributed by atoms with E-state index >= 15 is 0 Å². The van der Waals surface area contributed by atoms with E-state index in [1.807, 2.05) is 0 Å². The number of hydrogen-bond acceptors (Lipinski definition) is 5. The highest BCUT2D eigenvalue weighted by Gasteiger charge is 2.14. The van der Waals surface area contributed by atoms with Crippen LogP contribution in [0.5, 0.6) is 0 Å². The van der Waals surface area contributed by atoms with Gasteiger partial charge in [0.15, 0.2) is 23.3 Å². The zero-order valence-corrected chi connectivity index (χ0v) is 13.0. The minimum absolute atomic E-state index is 0.00401. The van der Waals surface area contributed by atoms with E-state index in [0.29, 0.717) is 5.69 Å². The number of nitrogens with one attached hydrogen (secondary N) is 2. The highest BCUT2D eigenvalue weighted by molar-refractivity contribution is 6.31. The molecular formula is C15H8ClF4N5. The lowest BCUT2D eigenvalue weighted by Crippen LogP contribution is -2.04. The quantitative estimate of drug-likeness (QED) is 0.521. The van der Waals surface area contributed by atoms with E-state index in [2.05, 4.69) is 25.8 Å². The zero-order chi connectivity index (χ0) is 18.0. The van der Waals surface area contributed by atoms with Gasteiger partial charge in [0.2, 0.25) is 5.95 Å². The first-order valence-electron chi connectivity index (χ1n) is 6.76. The highest BCUT2D eigenvalue weighted by atomic mass is 35.5. The van der Waals surface area contributed by atoms with Gasteiger partial charge in [-0.15, -0.1) is 5.10 Å². The Hall–Kier alpha value is -2.94. The van der Waals surface area contributed by atoms with Crippen molar-refractivity contribution < 1.29 is 17.6 Å². The molecule has 0 bridgehead atoms. The van der Waals surface area contributed by atoms with Gasteiger partial charge in [0.1, 0.15) is 5.82 Å². The average Bonchev–Trinajstić information content (AvgIpc) is 2.59. The van der Waals surface area contributed by atoms with Crippen LogP contribution in [-0.4, -0.2) is 15.2 Å². The molecule has 3 rings (SSSR count). The standard InChI is InChI=1S/C15H8ClF4N5/c16-8-5-7(1-2-9(8)17)22-15-24-12(6-21-25-15)23-11-4-3-10(18)13(19)14(11)20/h1-6H,(H2,22,23,24,25). The molecule has 0 fully saturated rings. The number of nitrogens with zero attached hydrogens (tertiary/aromatic N) is 3. The largest absolute Gasteiger partial charge is 0.336 e. The summed E-state index contributed by atoms with van der Waals surface area (Å²) in [6.45, 7) is 0. The van der Waals surface area contributed by atoms with Crippen LogP contribution in [0.15, 0.2) is 36.5 Å². The Morgan fingerprint density at radius 2 is 1.64 bits per heavy atom. The summed E-state index contributed by atoms with van der Waals surface area (Å²) in [5, 5.41) is 12.5. The second-order valence-corrected chi connectivity index (χ2v) is 5.17. The smallest absolute Gasteiger partial charge is 0.249 e. The molecule has 2 aromatic carbocycles. The Balaban J connectivity index is 1.82. The molecule has 1 heterocycles. The predicted molar refractivity (Wildman–Crippen MR) is 84.1 cm³/mol. The third-order valence-corrected chi connectivity index (χ3v) is 3.32. The molecule has 0 amide bonds. The monoisotopic (exact) mass is 369 g/mol. The van der Waals surface area contributed by atoms with E-state index in [1.54, 1.807) is 0 Å². The van der Waals surface area contributed by atoms with Crippen LogP contribution < -0.4 is 10.6 Å². The Bertz CT molecular complexity index is 938. The number of benzene rings is 2. The molecular weight excluding hydrogens is 362 g/mol. The molecule has 0 aliphatic carbocycles. The second kappa shape index (κ2) is 6.89. The Labute approximate surface area is 143 Å². The molecule has 0 saturated heterocycles. The number of aromatic nitrogens is 3. The summed E-state index contributed by atoms with van der Waals surface area (Å²) >= 11 is 5.67. The minimum atomic E-state index is -1.61. The van der Waals surface area contributed by atoms with E-state index in [4.69, 9.17) is 11.6 Å². The fourth-order valence-corrected chi connectivity index (χ4v) is 2.06. The third kappa shape index (κ3) is 3.77. The van der Waals surface area contributed by atoms with Gasteiger partial charge in [0.25, 0.3) is 0 Å². The minimum Gasteiger partial charge on any atom is -0.336 e. The van der Waals surface area contributed by atoms with Crippen LogP contribution in [0.2, 0.25) is 5.02 Å². The van der Waals surface area contributed by atoms with E-state index in [1.165, 1.54) is 12.1 Å². The van der Waals surface area contributed by atoms with Crippen LogP contribution in [0.25, 0.3) is 0 Å². The highest BCUT2D eigenvalue weighted by Crippen LogP contribution is 2.24. The fourth-order valence-electron chi connectivity index (χ4n) is 1.88. The van der Waals surface area contributed by atoms with Crippen molar-refractivity contribution in [3.05, 3.63) is 64.8 Å². The van der Waals surface area contributed by atoms with E-state index in [9.17, 15) is 17.6 Å². The Morgan fingerprint density at radius 1 is 0.880 bits per heavy atom. The van der Waals surface area contributed by atoms with E-state index in [-0.39, 0.29) is 22.5 Å². The van der Waals surface area contributed by atoms with Crippen LogP contribution in [-0.2, 0) is 0 Å². The molecule has 0 spiro atoms. The van der Waals surface area contributed by atoms with Gasteiger partial charge in [-0.05, 0) is 30.3 Å². The molecule has 0 saturated carbocycles. The molecule has 0 atom stereocenters. The normalized spacial score (nSPS) is 10.6. The fraction of sp³-hybridized carbons (Fsp3) is 0. The maximum absolute atomic E-state index is 13.7. The van der Waals surface area contributed by atoms with Gasteiger partial charge < -0.3 is 10.6 Å². The Morgan fingerprint density at radius 3 is 2.40 bits per heavy atom. The van der Waals surface area contributed by atoms with Crippen molar-refractivity contribution in [1.29, 1.82) is 0 Å². The van der Waals surface area contributed by atoms with E-state index in [0.717, 1.165) is 24.4 Å². The number of halogens is 5. The lowest BCUT2D eigenvalue weighted by Gasteiger charge is -2.09. The first kappa shape index (κ1) is 16.9. The molecule has 128 valence electrons. The van der Waals surface area contributed by atoms with E-state index < -0.39 is 23.3 Å². The van der Waals surface area contributed by atoms with Crippen molar-refractivity contribution in [2.75, 3.05) is 10.6 Å². The maximum atomic E-state index is 13.7. The molecule has 1 aromatic heterocycles. The first-order valence-corrected chi connectivity index (χ1v) is 7.14. The zero-order valence-electron chi connectivity index (χ0n) is 12.2. The third-order valence-electron chi connectivity index (χ3n) is 3.03. The van der Waals surface area contributed by atoms with Crippen molar-refractivity contribution in [3.8, 4) is 0 Å². The topological polar surface area (TPSA) is 62.7 Å². The van der Waals surface area contributed by atoms with Crippen LogP contribution in [0, 0.1) is 23.3 Å². The van der Waals surface area contributed by atoms with Gasteiger partial charge in [-0.3, -0.25) is 0 Å². The van der Waals surface area contributed by atoms with Crippen LogP contribution >= 0.6 is 11.6 Å². The molecule has 25 heavy (non-hydrogen) atoms. The van der Waals surface area contributed by atoms with Crippen LogP contribution in [0.3, 0.4) is 0 Å². The molecule has 2 N–H and O–H groups in total. The molecule has 0 unspecified atom stereocenters. The van der Waals surface area contributed by atoms with Crippen molar-refractivity contribution in [2.24, 2.45) is 0 Å². The van der Waals surface area contributed by atoms with Crippen molar-refractivity contribution in [3.63, 3.8) is 0 Å². The predicted octanol–water partition coefficient (Wildman–Crippen LogP) is 4.57. The summed E-state index contributed by atoms with van der Waals surface area (Å²) in [6, 6.07) is 5.66. The summed E-state index contributed by atoms with van der Waals surface area (Å²) in [4.78, 5) is 3.99. The van der Waals surface area contributed by atoms with Gasteiger partial charge in [-0.25, -0.2) is 17.6 Å². The van der Waals surface area contributed by atoms with Crippen LogP contribution in [0.1, 0.15) is 0 Å². The molecule has 3 aromatic rings. The van der Waals surface area contributed by atoms with Crippen LogP contribution in [0.4, 0.5) is 40.7 Å². The average molecular weight is 370 g/mol. The first-order chi connectivity index (χ1) is 11.9. The molecule has 10 heteroatoms. The van der Waals surface area contributed by atoms with Crippen molar-refractivity contribution >= 4 is 34.7 Å². The second-order valence-electron chi connectivity index (χ2n) is 4.77. The molecule has 0 radical (unpaired) electrons. The number of anilines is 4. The molecule has 0 aliphatic rings. The summed E-state index contributed by atoms with van der Waals surface area (Å²) in [6.07, 6.45) is 1.16.